The SMILES string of the molecule is Cc1ccc([C@@H]([NH3+])CCC(=O)[O-])cc1C. The molecule has 1 aromatic rings. The van der Waals surface area contributed by atoms with Gasteiger partial charge in [-0.25, -0.2) is 0 Å². The van der Waals surface area contributed by atoms with E-state index in [1.54, 1.807) is 0 Å². The van der Waals surface area contributed by atoms with Gasteiger partial charge in [0.15, 0.2) is 0 Å². The van der Waals surface area contributed by atoms with Crippen LogP contribution in [0.15, 0.2) is 18.2 Å². The Morgan fingerprint density at radius 1 is 1.40 bits per heavy atom. The van der Waals surface area contributed by atoms with Gasteiger partial charge >= 0.3 is 0 Å². The first-order valence-corrected chi connectivity index (χ1v) is 5.11. The maximum atomic E-state index is 10.3. The summed E-state index contributed by atoms with van der Waals surface area (Å²) in [7, 11) is 0. The summed E-state index contributed by atoms with van der Waals surface area (Å²) in [6, 6.07) is 6.15. The molecule has 0 aliphatic rings. The van der Waals surface area contributed by atoms with Crippen LogP contribution in [0.25, 0.3) is 0 Å². The topological polar surface area (TPSA) is 67.8 Å². The van der Waals surface area contributed by atoms with Crippen molar-refractivity contribution >= 4 is 5.97 Å². The van der Waals surface area contributed by atoms with E-state index >= 15 is 0 Å². The van der Waals surface area contributed by atoms with Crippen LogP contribution < -0.4 is 10.8 Å². The molecule has 0 radical (unpaired) electrons. The fourth-order valence-electron chi connectivity index (χ4n) is 1.48. The number of aliphatic carboxylic acids is 1. The Balaban J connectivity index is 2.69. The smallest absolute Gasteiger partial charge is 0.110 e. The average molecular weight is 207 g/mol. The lowest BCUT2D eigenvalue weighted by molar-refractivity contribution is -0.428. The molecule has 3 nitrogen and oxygen atoms in total. The van der Waals surface area contributed by atoms with E-state index in [2.05, 4.69) is 18.7 Å². The minimum atomic E-state index is -1.01. The molecule has 0 heterocycles. The lowest BCUT2D eigenvalue weighted by Gasteiger charge is -2.11. The molecule has 0 saturated heterocycles. The third kappa shape index (κ3) is 3.36. The first-order valence-electron chi connectivity index (χ1n) is 5.11. The average Bonchev–Trinajstić information content (AvgIpc) is 2.18. The van der Waals surface area contributed by atoms with Gasteiger partial charge in [-0.05, 0) is 37.5 Å². The number of carboxylic acids is 1. The molecule has 1 rings (SSSR count). The Bertz CT molecular complexity index is 361. The molecule has 15 heavy (non-hydrogen) atoms. The highest BCUT2D eigenvalue weighted by Crippen LogP contribution is 2.17. The van der Waals surface area contributed by atoms with Gasteiger partial charge in [-0.2, -0.15) is 0 Å². The molecule has 0 fully saturated rings. The minimum Gasteiger partial charge on any atom is -0.550 e. The van der Waals surface area contributed by atoms with Gasteiger partial charge in [0.1, 0.15) is 6.04 Å². The van der Waals surface area contributed by atoms with Crippen LogP contribution in [0.4, 0.5) is 0 Å². The van der Waals surface area contributed by atoms with E-state index in [1.807, 2.05) is 19.1 Å². The van der Waals surface area contributed by atoms with Crippen molar-refractivity contribution in [2.75, 3.05) is 0 Å². The second kappa shape index (κ2) is 4.94. The number of aryl methyl sites for hydroxylation is 2. The molecule has 3 heteroatoms. The fourth-order valence-corrected chi connectivity index (χ4v) is 1.48. The Kier molecular flexibility index (Phi) is 3.86. The number of rotatable bonds is 4. The van der Waals surface area contributed by atoms with Gasteiger partial charge in [0.2, 0.25) is 0 Å². The zero-order chi connectivity index (χ0) is 11.4. The van der Waals surface area contributed by atoms with Crippen molar-refractivity contribution in [1.82, 2.24) is 0 Å². The van der Waals surface area contributed by atoms with Gasteiger partial charge in [0, 0.05) is 18.0 Å². The lowest BCUT2D eigenvalue weighted by atomic mass is 9.99. The monoisotopic (exact) mass is 207 g/mol. The van der Waals surface area contributed by atoms with E-state index in [1.165, 1.54) is 11.1 Å². The lowest BCUT2D eigenvalue weighted by Crippen LogP contribution is -2.53. The van der Waals surface area contributed by atoms with Gasteiger partial charge in [0.25, 0.3) is 0 Å². The molecule has 0 aromatic heterocycles. The highest BCUT2D eigenvalue weighted by molar-refractivity contribution is 5.64. The summed E-state index contributed by atoms with van der Waals surface area (Å²) in [5.74, 6) is -1.01. The molecule has 0 amide bonds. The largest absolute Gasteiger partial charge is 0.550 e. The summed E-state index contributed by atoms with van der Waals surface area (Å²) < 4.78 is 0. The quantitative estimate of drug-likeness (QED) is 0.761. The third-order valence-electron chi connectivity index (χ3n) is 2.70. The van der Waals surface area contributed by atoms with E-state index < -0.39 is 5.97 Å². The van der Waals surface area contributed by atoms with Gasteiger partial charge in [-0.15, -0.1) is 0 Å². The van der Waals surface area contributed by atoms with E-state index in [4.69, 9.17) is 0 Å². The molecule has 0 aliphatic carbocycles. The molecular weight excluding hydrogens is 190 g/mol. The molecule has 1 aromatic carbocycles. The second-order valence-electron chi connectivity index (χ2n) is 3.95. The third-order valence-corrected chi connectivity index (χ3v) is 2.70. The minimum absolute atomic E-state index is 0.0298. The van der Waals surface area contributed by atoms with E-state index in [0.717, 1.165) is 5.56 Å². The van der Waals surface area contributed by atoms with Crippen molar-refractivity contribution in [3.63, 3.8) is 0 Å². The van der Waals surface area contributed by atoms with E-state index in [9.17, 15) is 9.90 Å². The zero-order valence-corrected chi connectivity index (χ0v) is 9.25. The number of carbonyl (C=O) groups is 1. The Hall–Kier alpha value is -1.35. The molecule has 0 aliphatic heterocycles. The van der Waals surface area contributed by atoms with E-state index in [0.29, 0.717) is 6.42 Å². The van der Waals surface area contributed by atoms with Crippen LogP contribution in [-0.2, 0) is 4.79 Å². The van der Waals surface area contributed by atoms with Crippen molar-refractivity contribution in [1.29, 1.82) is 0 Å². The Morgan fingerprint density at radius 2 is 2.07 bits per heavy atom. The van der Waals surface area contributed by atoms with Gasteiger partial charge in [-0.3, -0.25) is 0 Å². The van der Waals surface area contributed by atoms with Crippen LogP contribution in [-0.4, -0.2) is 5.97 Å². The Labute approximate surface area is 89.9 Å². The van der Waals surface area contributed by atoms with Crippen LogP contribution in [0.5, 0.6) is 0 Å². The van der Waals surface area contributed by atoms with Crippen LogP contribution >= 0.6 is 0 Å². The van der Waals surface area contributed by atoms with Crippen molar-refractivity contribution < 1.29 is 15.6 Å². The molecule has 3 N–H and O–H groups in total. The molecule has 82 valence electrons. The fraction of sp³-hybridized carbons (Fsp3) is 0.417. The normalized spacial score (nSPS) is 12.5. The van der Waals surface area contributed by atoms with Crippen molar-refractivity contribution in [3.05, 3.63) is 34.9 Å². The van der Waals surface area contributed by atoms with Crippen LogP contribution in [0.2, 0.25) is 0 Å². The first-order chi connectivity index (χ1) is 7.00. The summed E-state index contributed by atoms with van der Waals surface area (Å²) in [5.41, 5.74) is 7.52. The number of quaternary nitrogens is 1. The van der Waals surface area contributed by atoms with Crippen molar-refractivity contribution in [2.45, 2.75) is 32.7 Å². The maximum absolute atomic E-state index is 10.3. The molecular formula is C12H17NO2. The van der Waals surface area contributed by atoms with Crippen molar-refractivity contribution in [3.8, 4) is 0 Å². The molecule has 1 atom stereocenters. The number of carboxylic acid groups (broad SMARTS) is 1. The van der Waals surface area contributed by atoms with Crippen molar-refractivity contribution in [2.24, 2.45) is 0 Å². The van der Waals surface area contributed by atoms with Gasteiger partial charge < -0.3 is 15.6 Å². The first kappa shape index (κ1) is 11.7. The summed E-state index contributed by atoms with van der Waals surface area (Å²) in [6.45, 7) is 4.10. The maximum Gasteiger partial charge on any atom is 0.110 e. The number of hydrogen-bond acceptors (Lipinski definition) is 2. The highest BCUT2D eigenvalue weighted by Gasteiger charge is 2.09. The number of carbonyl (C=O) groups excluding carboxylic acids is 1. The number of benzene rings is 1. The molecule has 0 spiro atoms. The molecule has 0 bridgehead atoms. The molecule has 0 unspecified atom stereocenters. The Morgan fingerprint density at radius 3 is 2.60 bits per heavy atom. The van der Waals surface area contributed by atoms with Crippen LogP contribution in [0.1, 0.15) is 35.6 Å². The standard InChI is InChI=1S/C12H17NO2/c1-8-3-4-10(7-9(8)2)11(13)5-6-12(14)15/h3-4,7,11H,5-6,13H2,1-2H3,(H,14,15)/t11-/m0/s1. The summed E-state index contributed by atoms with van der Waals surface area (Å²) in [5, 5.41) is 10.3. The van der Waals surface area contributed by atoms with Crippen LogP contribution in [0.3, 0.4) is 0 Å². The predicted molar refractivity (Wildman–Crippen MR) is 55.8 cm³/mol. The van der Waals surface area contributed by atoms with Gasteiger partial charge in [-0.1, -0.05) is 12.1 Å². The van der Waals surface area contributed by atoms with Crippen LogP contribution in [0, 0.1) is 13.8 Å². The molecule has 0 saturated carbocycles. The summed E-state index contributed by atoms with van der Waals surface area (Å²) >= 11 is 0. The summed E-state index contributed by atoms with van der Waals surface area (Å²) in [4.78, 5) is 10.3. The van der Waals surface area contributed by atoms with Gasteiger partial charge in [0.05, 0.1) is 0 Å². The predicted octanol–water partition coefficient (Wildman–Crippen LogP) is 0.117. The number of hydrogen-bond donors (Lipinski definition) is 1. The van der Waals surface area contributed by atoms with E-state index in [-0.39, 0.29) is 12.5 Å². The summed E-state index contributed by atoms with van der Waals surface area (Å²) in [6.07, 6.45) is 0.603. The highest BCUT2D eigenvalue weighted by atomic mass is 16.4. The zero-order valence-electron chi connectivity index (χ0n) is 9.25. The second-order valence-corrected chi connectivity index (χ2v) is 3.95.